The Morgan fingerprint density at radius 1 is 1.23 bits per heavy atom. The molecule has 6 heteroatoms. The number of rotatable bonds is 4. The molecule has 2 heterocycles. The molecule has 1 atom stereocenters. The maximum Gasteiger partial charge on any atom is 0.258 e. The molecule has 2 aromatic carbocycles. The summed E-state index contributed by atoms with van der Waals surface area (Å²) in [6.45, 7) is 4.03. The second kappa shape index (κ2) is 6.63. The van der Waals surface area contributed by atoms with Crippen molar-refractivity contribution in [2.24, 2.45) is 0 Å². The first-order valence-corrected chi connectivity index (χ1v) is 8.55. The van der Waals surface area contributed by atoms with Crippen molar-refractivity contribution in [1.82, 2.24) is 10.1 Å². The predicted octanol–water partition coefficient (Wildman–Crippen LogP) is 3.55. The number of amides is 1. The summed E-state index contributed by atoms with van der Waals surface area (Å²) in [4.78, 5) is 18.9. The van der Waals surface area contributed by atoms with Gasteiger partial charge in [-0.2, -0.15) is 4.98 Å². The van der Waals surface area contributed by atoms with Gasteiger partial charge in [0.25, 0.3) is 5.91 Å². The molecule has 0 fully saturated rings. The SMILES string of the molecule is Cc1nc(COc2ccc(C(=O)N3c4ccccc4CC3C)cc2)no1. The predicted molar refractivity (Wildman–Crippen MR) is 96.2 cm³/mol. The van der Waals surface area contributed by atoms with Crippen LogP contribution in [0.25, 0.3) is 0 Å². The zero-order valence-electron chi connectivity index (χ0n) is 14.7. The summed E-state index contributed by atoms with van der Waals surface area (Å²) < 4.78 is 10.5. The Morgan fingerprint density at radius 3 is 2.73 bits per heavy atom. The fourth-order valence-electron chi connectivity index (χ4n) is 3.26. The molecular weight excluding hydrogens is 330 g/mol. The van der Waals surface area contributed by atoms with Gasteiger partial charge < -0.3 is 14.2 Å². The van der Waals surface area contributed by atoms with Crippen LogP contribution in [-0.4, -0.2) is 22.1 Å². The summed E-state index contributed by atoms with van der Waals surface area (Å²) >= 11 is 0. The number of ether oxygens (including phenoxy) is 1. The first kappa shape index (κ1) is 16.3. The van der Waals surface area contributed by atoms with Crippen molar-refractivity contribution in [3.8, 4) is 5.75 Å². The quantitative estimate of drug-likeness (QED) is 0.720. The van der Waals surface area contributed by atoms with Gasteiger partial charge in [0.1, 0.15) is 5.75 Å². The average Bonchev–Trinajstić information content (AvgIpc) is 3.22. The molecule has 0 radical (unpaired) electrons. The van der Waals surface area contributed by atoms with E-state index in [2.05, 4.69) is 23.1 Å². The second-order valence-electron chi connectivity index (χ2n) is 6.40. The Kier molecular flexibility index (Phi) is 4.16. The first-order chi connectivity index (χ1) is 12.6. The second-order valence-corrected chi connectivity index (χ2v) is 6.40. The molecule has 1 aliphatic heterocycles. The van der Waals surface area contributed by atoms with E-state index in [1.165, 1.54) is 5.56 Å². The summed E-state index contributed by atoms with van der Waals surface area (Å²) in [7, 11) is 0. The zero-order chi connectivity index (χ0) is 18.1. The van der Waals surface area contributed by atoms with Crippen molar-refractivity contribution >= 4 is 11.6 Å². The van der Waals surface area contributed by atoms with Crippen LogP contribution < -0.4 is 9.64 Å². The Balaban J connectivity index is 1.47. The molecule has 0 saturated heterocycles. The molecule has 3 aromatic rings. The normalized spacial score (nSPS) is 15.8. The molecular formula is C20H19N3O3. The number of aryl methyl sites for hydroxylation is 1. The van der Waals surface area contributed by atoms with Gasteiger partial charge in [0, 0.05) is 24.2 Å². The highest BCUT2D eigenvalue weighted by molar-refractivity contribution is 6.07. The molecule has 0 aliphatic carbocycles. The highest BCUT2D eigenvalue weighted by Gasteiger charge is 2.31. The van der Waals surface area contributed by atoms with Crippen molar-refractivity contribution in [3.05, 3.63) is 71.4 Å². The summed E-state index contributed by atoms with van der Waals surface area (Å²) in [5.41, 5.74) is 2.85. The van der Waals surface area contributed by atoms with Crippen LogP contribution in [0.3, 0.4) is 0 Å². The van der Waals surface area contributed by atoms with Gasteiger partial charge in [-0.25, -0.2) is 0 Å². The van der Waals surface area contributed by atoms with Crippen LogP contribution >= 0.6 is 0 Å². The third-order valence-corrected chi connectivity index (χ3v) is 4.46. The van der Waals surface area contributed by atoms with E-state index in [-0.39, 0.29) is 18.6 Å². The lowest BCUT2D eigenvalue weighted by Gasteiger charge is -2.22. The topological polar surface area (TPSA) is 68.5 Å². The van der Waals surface area contributed by atoms with E-state index in [0.29, 0.717) is 23.0 Å². The van der Waals surface area contributed by atoms with Crippen LogP contribution in [0.4, 0.5) is 5.69 Å². The van der Waals surface area contributed by atoms with E-state index >= 15 is 0 Å². The highest BCUT2D eigenvalue weighted by Crippen LogP contribution is 2.33. The van der Waals surface area contributed by atoms with Crippen LogP contribution in [-0.2, 0) is 13.0 Å². The monoisotopic (exact) mass is 349 g/mol. The highest BCUT2D eigenvalue weighted by atomic mass is 16.5. The Hall–Kier alpha value is -3.15. The number of nitrogens with zero attached hydrogens (tertiary/aromatic N) is 3. The fraction of sp³-hybridized carbons (Fsp3) is 0.250. The van der Waals surface area contributed by atoms with Gasteiger partial charge in [0.2, 0.25) is 11.7 Å². The largest absolute Gasteiger partial charge is 0.485 e. The number of aromatic nitrogens is 2. The van der Waals surface area contributed by atoms with E-state index in [1.807, 2.05) is 23.1 Å². The minimum Gasteiger partial charge on any atom is -0.485 e. The van der Waals surface area contributed by atoms with Gasteiger partial charge >= 0.3 is 0 Å². The lowest BCUT2D eigenvalue weighted by atomic mass is 10.1. The molecule has 26 heavy (non-hydrogen) atoms. The zero-order valence-corrected chi connectivity index (χ0v) is 14.7. The van der Waals surface area contributed by atoms with Gasteiger partial charge in [-0.3, -0.25) is 4.79 Å². The van der Waals surface area contributed by atoms with Crippen molar-refractivity contribution in [3.63, 3.8) is 0 Å². The van der Waals surface area contributed by atoms with Crippen LogP contribution in [0, 0.1) is 6.92 Å². The molecule has 0 N–H and O–H groups in total. The van der Waals surface area contributed by atoms with E-state index in [4.69, 9.17) is 9.26 Å². The first-order valence-electron chi connectivity index (χ1n) is 8.55. The van der Waals surface area contributed by atoms with Gasteiger partial charge in [0.15, 0.2) is 6.61 Å². The van der Waals surface area contributed by atoms with E-state index in [9.17, 15) is 4.79 Å². The van der Waals surface area contributed by atoms with Crippen LogP contribution in [0.2, 0.25) is 0 Å². The number of carbonyl (C=O) groups excluding carboxylic acids is 1. The van der Waals surface area contributed by atoms with Crippen molar-refractivity contribution in [1.29, 1.82) is 0 Å². The van der Waals surface area contributed by atoms with E-state index < -0.39 is 0 Å². The fourth-order valence-corrected chi connectivity index (χ4v) is 3.26. The number of benzene rings is 2. The average molecular weight is 349 g/mol. The molecule has 0 spiro atoms. The summed E-state index contributed by atoms with van der Waals surface area (Å²) in [5.74, 6) is 1.65. The third-order valence-electron chi connectivity index (χ3n) is 4.46. The summed E-state index contributed by atoms with van der Waals surface area (Å²) in [5, 5.41) is 3.79. The maximum atomic E-state index is 13.0. The number of hydrogen-bond acceptors (Lipinski definition) is 5. The van der Waals surface area contributed by atoms with Crippen LogP contribution in [0.5, 0.6) is 5.75 Å². The summed E-state index contributed by atoms with van der Waals surface area (Å²) in [6.07, 6.45) is 0.882. The molecule has 0 saturated carbocycles. The van der Waals surface area contributed by atoms with Crippen molar-refractivity contribution < 1.29 is 14.1 Å². The van der Waals surface area contributed by atoms with Gasteiger partial charge in [0.05, 0.1) is 0 Å². The molecule has 1 unspecified atom stereocenters. The minimum atomic E-state index is 0.00259. The molecule has 6 nitrogen and oxygen atoms in total. The van der Waals surface area contributed by atoms with Gasteiger partial charge in [-0.1, -0.05) is 23.4 Å². The lowest BCUT2D eigenvalue weighted by molar-refractivity contribution is 0.0981. The Bertz CT molecular complexity index is 933. The minimum absolute atomic E-state index is 0.00259. The summed E-state index contributed by atoms with van der Waals surface area (Å²) in [6, 6.07) is 15.3. The Labute approximate surface area is 151 Å². The van der Waals surface area contributed by atoms with E-state index in [0.717, 1.165) is 12.1 Å². The smallest absolute Gasteiger partial charge is 0.258 e. The molecule has 0 bridgehead atoms. The lowest BCUT2D eigenvalue weighted by Crippen LogP contribution is -2.35. The third kappa shape index (κ3) is 3.06. The van der Waals surface area contributed by atoms with Crippen molar-refractivity contribution in [2.45, 2.75) is 32.9 Å². The van der Waals surface area contributed by atoms with Crippen molar-refractivity contribution in [2.75, 3.05) is 4.90 Å². The number of hydrogen-bond donors (Lipinski definition) is 0. The van der Waals surface area contributed by atoms with Gasteiger partial charge in [-0.15, -0.1) is 0 Å². The number of carbonyl (C=O) groups is 1. The molecule has 1 amide bonds. The number of para-hydroxylation sites is 1. The van der Waals surface area contributed by atoms with Crippen LogP contribution in [0.1, 0.15) is 34.6 Å². The molecule has 132 valence electrons. The molecule has 4 rings (SSSR count). The number of anilines is 1. The number of fused-ring (bicyclic) bond motifs is 1. The van der Waals surface area contributed by atoms with E-state index in [1.54, 1.807) is 31.2 Å². The maximum absolute atomic E-state index is 13.0. The van der Waals surface area contributed by atoms with Crippen LogP contribution in [0.15, 0.2) is 53.1 Å². The standard InChI is InChI=1S/C20H19N3O3/c1-13-11-16-5-3-4-6-18(16)23(13)20(24)15-7-9-17(10-8-15)25-12-19-21-14(2)26-22-19/h3-10,13H,11-12H2,1-2H3. The molecule has 1 aliphatic rings. The molecule has 1 aromatic heterocycles. The van der Waals surface area contributed by atoms with Gasteiger partial charge in [-0.05, 0) is 49.2 Å². The Morgan fingerprint density at radius 2 is 2.00 bits per heavy atom.